The summed E-state index contributed by atoms with van der Waals surface area (Å²) < 4.78 is 50.8. The Morgan fingerprint density at radius 1 is 1.38 bits per heavy atom. The van der Waals surface area contributed by atoms with Gasteiger partial charge in [0.2, 0.25) is 10.0 Å². The third kappa shape index (κ3) is 2.41. The molecule has 0 fully saturated rings. The van der Waals surface area contributed by atoms with E-state index in [1.54, 1.807) is 6.92 Å². The average Bonchev–Trinajstić information content (AvgIpc) is 2.14. The first kappa shape index (κ1) is 13.5. The molecule has 0 heterocycles. The van der Waals surface area contributed by atoms with Crippen molar-refractivity contribution in [3.63, 3.8) is 0 Å². The van der Waals surface area contributed by atoms with Crippen molar-refractivity contribution < 1.29 is 17.2 Å². The number of benzene rings is 1. The average molecular weight is 314 g/mol. The molecule has 0 aliphatic carbocycles. The van der Waals surface area contributed by atoms with Crippen LogP contribution in [0.4, 0.5) is 8.78 Å². The molecule has 1 rings (SSSR count). The molecule has 7 heteroatoms. The molecule has 1 aromatic carbocycles. The Kier molecular flexibility index (Phi) is 4.03. The number of nitrogens with zero attached hydrogens (tertiary/aromatic N) is 1. The van der Waals surface area contributed by atoms with Gasteiger partial charge in [0.05, 0.1) is 0 Å². The summed E-state index contributed by atoms with van der Waals surface area (Å²) in [7, 11) is -2.60. The molecule has 0 aliphatic rings. The smallest absolute Gasteiger partial charge is 0.207 e. The van der Waals surface area contributed by atoms with Crippen LogP contribution in [0.15, 0.2) is 21.5 Å². The minimum Gasteiger partial charge on any atom is -0.207 e. The lowest BCUT2D eigenvalue weighted by Crippen LogP contribution is -2.27. The highest BCUT2D eigenvalue weighted by Crippen LogP contribution is 2.28. The van der Waals surface area contributed by atoms with Crippen LogP contribution in [-0.2, 0) is 10.0 Å². The molecular weight excluding hydrogens is 304 g/mol. The lowest BCUT2D eigenvalue weighted by atomic mass is 10.3. The molecule has 0 atom stereocenters. The normalized spacial score (nSPS) is 12.1. The Bertz CT molecular complexity index is 481. The first-order valence-electron chi connectivity index (χ1n) is 4.41. The van der Waals surface area contributed by atoms with Crippen molar-refractivity contribution in [3.8, 4) is 0 Å². The second-order valence-electron chi connectivity index (χ2n) is 3.12. The standard InChI is InChI=1S/C9H10BrF2NO2S/c1-3-13(2)16(14,15)9-7(10)4-6(11)5-8(9)12/h4-5H,3H2,1-2H3. The summed E-state index contributed by atoms with van der Waals surface area (Å²) in [5.41, 5.74) is 0. The summed E-state index contributed by atoms with van der Waals surface area (Å²) in [6.45, 7) is 1.82. The molecule has 0 saturated heterocycles. The Morgan fingerprint density at radius 3 is 2.38 bits per heavy atom. The van der Waals surface area contributed by atoms with E-state index in [1.807, 2.05) is 0 Å². The van der Waals surface area contributed by atoms with Crippen LogP contribution in [0, 0.1) is 11.6 Å². The highest BCUT2D eigenvalue weighted by atomic mass is 79.9. The lowest BCUT2D eigenvalue weighted by Gasteiger charge is -2.16. The molecule has 0 N–H and O–H groups in total. The summed E-state index contributed by atoms with van der Waals surface area (Å²) in [4.78, 5) is -0.543. The van der Waals surface area contributed by atoms with Crippen molar-refractivity contribution >= 4 is 26.0 Å². The van der Waals surface area contributed by atoms with Crippen LogP contribution in [0.1, 0.15) is 6.92 Å². The van der Waals surface area contributed by atoms with E-state index in [0.29, 0.717) is 6.07 Å². The number of rotatable bonds is 3. The summed E-state index contributed by atoms with van der Waals surface area (Å²) in [6, 6.07) is 1.46. The highest BCUT2D eigenvalue weighted by molar-refractivity contribution is 9.10. The van der Waals surface area contributed by atoms with Crippen molar-refractivity contribution in [1.29, 1.82) is 0 Å². The summed E-state index contributed by atoms with van der Waals surface area (Å²) in [6.07, 6.45) is 0. The van der Waals surface area contributed by atoms with E-state index in [2.05, 4.69) is 15.9 Å². The largest absolute Gasteiger partial charge is 0.246 e. The van der Waals surface area contributed by atoms with Crippen LogP contribution in [0.3, 0.4) is 0 Å². The minimum atomic E-state index is -3.92. The summed E-state index contributed by atoms with van der Waals surface area (Å²) in [5, 5.41) is 0. The molecule has 1 aromatic rings. The first-order valence-corrected chi connectivity index (χ1v) is 6.65. The van der Waals surface area contributed by atoms with Gasteiger partial charge in [-0.15, -0.1) is 0 Å². The maximum absolute atomic E-state index is 13.4. The van der Waals surface area contributed by atoms with Crippen LogP contribution < -0.4 is 0 Å². The SMILES string of the molecule is CCN(C)S(=O)(=O)c1c(F)cc(F)cc1Br. The third-order valence-electron chi connectivity index (χ3n) is 2.08. The maximum atomic E-state index is 13.4. The fourth-order valence-electron chi connectivity index (χ4n) is 1.10. The Hall–Kier alpha value is -0.530. The summed E-state index contributed by atoms with van der Waals surface area (Å²) >= 11 is 2.85. The van der Waals surface area contributed by atoms with E-state index >= 15 is 0 Å². The molecule has 0 spiro atoms. The van der Waals surface area contributed by atoms with E-state index in [1.165, 1.54) is 7.05 Å². The van der Waals surface area contributed by atoms with Crippen molar-refractivity contribution in [2.75, 3.05) is 13.6 Å². The number of hydrogen-bond acceptors (Lipinski definition) is 2. The molecule has 0 amide bonds. The number of halogens is 3. The Labute approximate surface area is 101 Å². The topological polar surface area (TPSA) is 37.4 Å². The zero-order valence-corrected chi connectivity index (χ0v) is 11.1. The van der Waals surface area contributed by atoms with Gasteiger partial charge in [0.1, 0.15) is 16.5 Å². The molecule has 0 saturated carbocycles. The zero-order chi connectivity index (χ0) is 12.5. The lowest BCUT2D eigenvalue weighted by molar-refractivity contribution is 0.475. The monoisotopic (exact) mass is 313 g/mol. The fourth-order valence-corrected chi connectivity index (χ4v) is 3.39. The third-order valence-corrected chi connectivity index (χ3v) is 4.97. The second-order valence-corrected chi connectivity index (χ2v) is 5.95. The van der Waals surface area contributed by atoms with Gasteiger partial charge in [-0.3, -0.25) is 0 Å². The van der Waals surface area contributed by atoms with Gasteiger partial charge in [0, 0.05) is 24.1 Å². The van der Waals surface area contributed by atoms with Gasteiger partial charge in [-0.2, -0.15) is 0 Å². The predicted octanol–water partition coefficient (Wildman–Crippen LogP) is 2.37. The molecule has 0 unspecified atom stereocenters. The predicted molar refractivity (Wildman–Crippen MR) is 59.5 cm³/mol. The molecule has 0 aliphatic heterocycles. The second kappa shape index (κ2) is 4.77. The molecule has 16 heavy (non-hydrogen) atoms. The molecule has 3 nitrogen and oxygen atoms in total. The number of sulfonamides is 1. The van der Waals surface area contributed by atoms with Crippen LogP contribution in [0.2, 0.25) is 0 Å². The molecule has 0 aromatic heterocycles. The maximum Gasteiger partial charge on any atom is 0.246 e. The highest BCUT2D eigenvalue weighted by Gasteiger charge is 2.26. The van der Waals surface area contributed by atoms with Gasteiger partial charge in [-0.25, -0.2) is 21.5 Å². The summed E-state index contributed by atoms with van der Waals surface area (Å²) in [5.74, 6) is -1.94. The molecule has 0 bridgehead atoms. The van der Waals surface area contributed by atoms with Gasteiger partial charge in [-0.1, -0.05) is 6.92 Å². The van der Waals surface area contributed by atoms with Crippen LogP contribution in [0.25, 0.3) is 0 Å². The Morgan fingerprint density at radius 2 is 1.94 bits per heavy atom. The Balaban J connectivity index is 3.45. The van der Waals surface area contributed by atoms with Gasteiger partial charge in [-0.05, 0) is 22.0 Å². The quantitative estimate of drug-likeness (QED) is 0.859. The zero-order valence-electron chi connectivity index (χ0n) is 8.67. The van der Waals surface area contributed by atoms with E-state index < -0.39 is 26.6 Å². The van der Waals surface area contributed by atoms with Gasteiger partial charge < -0.3 is 0 Å². The van der Waals surface area contributed by atoms with Gasteiger partial charge in [0.15, 0.2) is 0 Å². The van der Waals surface area contributed by atoms with E-state index in [9.17, 15) is 17.2 Å². The molecular formula is C9H10BrF2NO2S. The van der Waals surface area contributed by atoms with Crippen LogP contribution in [-0.4, -0.2) is 26.3 Å². The van der Waals surface area contributed by atoms with Crippen molar-refractivity contribution in [3.05, 3.63) is 28.2 Å². The van der Waals surface area contributed by atoms with Crippen molar-refractivity contribution in [1.82, 2.24) is 4.31 Å². The molecule has 90 valence electrons. The van der Waals surface area contributed by atoms with E-state index in [-0.39, 0.29) is 11.0 Å². The van der Waals surface area contributed by atoms with Crippen LogP contribution >= 0.6 is 15.9 Å². The minimum absolute atomic E-state index is 0.120. The first-order chi connectivity index (χ1) is 7.30. The van der Waals surface area contributed by atoms with Gasteiger partial charge >= 0.3 is 0 Å². The van der Waals surface area contributed by atoms with Crippen LogP contribution in [0.5, 0.6) is 0 Å². The van der Waals surface area contributed by atoms with E-state index in [0.717, 1.165) is 10.4 Å². The van der Waals surface area contributed by atoms with Gasteiger partial charge in [0.25, 0.3) is 0 Å². The van der Waals surface area contributed by atoms with Crippen molar-refractivity contribution in [2.24, 2.45) is 0 Å². The molecule has 0 radical (unpaired) electrons. The van der Waals surface area contributed by atoms with E-state index in [4.69, 9.17) is 0 Å². The number of hydrogen-bond donors (Lipinski definition) is 0. The fraction of sp³-hybridized carbons (Fsp3) is 0.333. The van der Waals surface area contributed by atoms with Crippen molar-refractivity contribution in [2.45, 2.75) is 11.8 Å².